The molecule has 0 amide bonds. The minimum Gasteiger partial charge on any atom is -0.337 e. The third-order valence-corrected chi connectivity index (χ3v) is 6.70. The van der Waals surface area contributed by atoms with Gasteiger partial charge in [-0.3, -0.25) is 4.98 Å². The normalized spacial score (nSPS) is 14.9. The number of fused-ring (bicyclic) bond motifs is 1. The summed E-state index contributed by atoms with van der Waals surface area (Å²) in [6.07, 6.45) is 9.39. The fourth-order valence-corrected chi connectivity index (χ4v) is 4.99. The Labute approximate surface area is 212 Å². The highest BCUT2D eigenvalue weighted by Crippen LogP contribution is 2.45. The highest BCUT2D eigenvalue weighted by molar-refractivity contribution is 5.83. The number of rotatable bonds is 7. The van der Waals surface area contributed by atoms with Crippen LogP contribution in [-0.4, -0.2) is 28.2 Å². The highest BCUT2D eigenvalue weighted by Gasteiger charge is 2.36. The van der Waals surface area contributed by atoms with Gasteiger partial charge in [-0.1, -0.05) is 80.0 Å². The lowest BCUT2D eigenvalue weighted by molar-refractivity contribution is 0.642. The number of para-hydroxylation sites is 1. The van der Waals surface area contributed by atoms with Gasteiger partial charge in [-0.25, -0.2) is 9.97 Å². The summed E-state index contributed by atoms with van der Waals surface area (Å²) in [7, 11) is 2.16. The van der Waals surface area contributed by atoms with Crippen LogP contribution in [-0.2, 0) is 6.42 Å². The molecule has 188 valence electrons. The van der Waals surface area contributed by atoms with Gasteiger partial charge in [-0.2, -0.15) is 0 Å². The topological polar surface area (TPSA) is 45.2 Å². The first-order valence-corrected chi connectivity index (χ1v) is 13.3. The van der Waals surface area contributed by atoms with E-state index in [2.05, 4.69) is 87.6 Å². The Bertz CT molecular complexity index is 1100. The van der Waals surface area contributed by atoms with Crippen molar-refractivity contribution in [2.75, 3.05) is 16.8 Å². The Hall–Kier alpha value is -2.95. The molecule has 2 aromatic heterocycles. The van der Waals surface area contributed by atoms with Crippen LogP contribution in [0.5, 0.6) is 0 Å². The fourth-order valence-electron chi connectivity index (χ4n) is 4.99. The monoisotopic (exact) mass is 473 g/mol. The maximum atomic E-state index is 5.19. The fraction of sp³-hybridized carbons (Fsp3) is 0.500. The summed E-state index contributed by atoms with van der Waals surface area (Å²) in [5, 5.41) is 0. The van der Waals surface area contributed by atoms with Gasteiger partial charge >= 0.3 is 0 Å². The second-order valence-corrected chi connectivity index (χ2v) is 9.65. The van der Waals surface area contributed by atoms with Gasteiger partial charge in [0.1, 0.15) is 11.9 Å². The van der Waals surface area contributed by atoms with E-state index in [4.69, 9.17) is 9.97 Å². The van der Waals surface area contributed by atoms with Gasteiger partial charge in [-0.15, -0.1) is 0 Å². The summed E-state index contributed by atoms with van der Waals surface area (Å²) >= 11 is 0. The SMILES string of the molecule is CC.CCCc1ccccc1N1c2cnc(-c3c(C(C)C)cncc3C(C)C)nc2N(C)C1CC. The van der Waals surface area contributed by atoms with Crippen molar-refractivity contribution >= 4 is 17.2 Å². The zero-order valence-electron chi connectivity index (χ0n) is 23.1. The number of pyridine rings is 1. The molecular weight excluding hydrogens is 430 g/mol. The molecule has 0 spiro atoms. The predicted molar refractivity (Wildman–Crippen MR) is 150 cm³/mol. The third-order valence-electron chi connectivity index (χ3n) is 6.70. The minimum atomic E-state index is 0.217. The zero-order valence-corrected chi connectivity index (χ0v) is 23.1. The van der Waals surface area contributed by atoms with Gasteiger partial charge < -0.3 is 9.80 Å². The Kier molecular flexibility index (Phi) is 8.87. The van der Waals surface area contributed by atoms with E-state index >= 15 is 0 Å². The van der Waals surface area contributed by atoms with Crippen molar-refractivity contribution in [1.82, 2.24) is 15.0 Å². The summed E-state index contributed by atoms with van der Waals surface area (Å²) in [6.45, 7) is 17.3. The van der Waals surface area contributed by atoms with Gasteiger partial charge in [0.05, 0.1) is 6.20 Å². The molecule has 1 atom stereocenters. The molecule has 0 bridgehead atoms. The Morgan fingerprint density at radius 1 is 0.886 bits per heavy atom. The summed E-state index contributed by atoms with van der Waals surface area (Å²) in [5.74, 6) is 2.50. The van der Waals surface area contributed by atoms with Crippen LogP contribution in [0.15, 0.2) is 42.9 Å². The minimum absolute atomic E-state index is 0.217. The van der Waals surface area contributed by atoms with Crippen LogP contribution in [0.1, 0.15) is 96.8 Å². The second kappa shape index (κ2) is 11.7. The molecule has 5 nitrogen and oxygen atoms in total. The van der Waals surface area contributed by atoms with Gasteiger partial charge in [0, 0.05) is 30.7 Å². The van der Waals surface area contributed by atoms with Crippen LogP contribution in [0.3, 0.4) is 0 Å². The van der Waals surface area contributed by atoms with Crippen LogP contribution < -0.4 is 9.80 Å². The lowest BCUT2D eigenvalue weighted by Gasteiger charge is -2.31. The van der Waals surface area contributed by atoms with E-state index in [1.807, 2.05) is 32.4 Å². The quantitative estimate of drug-likeness (QED) is 0.347. The molecule has 0 N–H and O–H groups in total. The third kappa shape index (κ3) is 5.05. The zero-order chi connectivity index (χ0) is 25.7. The molecule has 0 fully saturated rings. The van der Waals surface area contributed by atoms with Gasteiger partial charge in [0.25, 0.3) is 0 Å². The van der Waals surface area contributed by atoms with E-state index < -0.39 is 0 Å². The van der Waals surface area contributed by atoms with E-state index in [0.29, 0.717) is 11.8 Å². The molecule has 4 rings (SSSR count). The van der Waals surface area contributed by atoms with Crippen molar-refractivity contribution in [3.63, 3.8) is 0 Å². The summed E-state index contributed by atoms with van der Waals surface area (Å²) in [6, 6.07) is 8.76. The number of aromatic nitrogens is 3. The molecule has 35 heavy (non-hydrogen) atoms. The van der Waals surface area contributed by atoms with Crippen molar-refractivity contribution < 1.29 is 0 Å². The Balaban J connectivity index is 0.00000167. The van der Waals surface area contributed by atoms with E-state index in [-0.39, 0.29) is 6.17 Å². The van der Waals surface area contributed by atoms with Crippen molar-refractivity contribution in [2.45, 2.75) is 92.7 Å². The number of anilines is 3. The first kappa shape index (κ1) is 26.7. The van der Waals surface area contributed by atoms with E-state index in [1.165, 1.54) is 22.4 Å². The average molecular weight is 474 g/mol. The van der Waals surface area contributed by atoms with Crippen LogP contribution in [0.25, 0.3) is 11.4 Å². The Morgan fingerprint density at radius 3 is 2.09 bits per heavy atom. The van der Waals surface area contributed by atoms with E-state index in [1.54, 1.807) is 0 Å². The molecule has 1 unspecified atom stereocenters. The number of hydrogen-bond donors (Lipinski definition) is 0. The van der Waals surface area contributed by atoms with Crippen molar-refractivity contribution in [3.8, 4) is 11.4 Å². The van der Waals surface area contributed by atoms with Gasteiger partial charge in [-0.05, 0) is 47.4 Å². The van der Waals surface area contributed by atoms with Gasteiger partial charge in [0.15, 0.2) is 11.6 Å². The van der Waals surface area contributed by atoms with Crippen molar-refractivity contribution in [1.29, 1.82) is 0 Å². The van der Waals surface area contributed by atoms with Crippen LogP contribution >= 0.6 is 0 Å². The molecule has 3 heterocycles. The lowest BCUT2D eigenvalue weighted by atomic mass is 9.90. The smallest absolute Gasteiger partial charge is 0.162 e. The average Bonchev–Trinajstić information content (AvgIpc) is 3.15. The second-order valence-electron chi connectivity index (χ2n) is 9.65. The van der Waals surface area contributed by atoms with Gasteiger partial charge in [0.2, 0.25) is 0 Å². The molecule has 1 aliphatic heterocycles. The predicted octanol–water partition coefficient (Wildman–Crippen LogP) is 8.09. The Morgan fingerprint density at radius 2 is 1.51 bits per heavy atom. The summed E-state index contributed by atoms with van der Waals surface area (Å²) in [5.41, 5.74) is 7.29. The van der Waals surface area contributed by atoms with Crippen molar-refractivity contribution in [2.24, 2.45) is 0 Å². The molecule has 0 saturated carbocycles. The molecule has 1 aliphatic rings. The molecule has 3 aromatic rings. The largest absolute Gasteiger partial charge is 0.337 e. The van der Waals surface area contributed by atoms with Crippen LogP contribution in [0.4, 0.5) is 17.2 Å². The first-order valence-electron chi connectivity index (χ1n) is 13.3. The molecule has 0 aliphatic carbocycles. The van der Waals surface area contributed by atoms with Crippen LogP contribution in [0.2, 0.25) is 0 Å². The first-order chi connectivity index (χ1) is 16.9. The number of nitrogens with zero attached hydrogens (tertiary/aromatic N) is 5. The maximum absolute atomic E-state index is 5.19. The summed E-state index contributed by atoms with van der Waals surface area (Å²) < 4.78 is 0. The molecule has 0 saturated heterocycles. The number of hydrogen-bond acceptors (Lipinski definition) is 5. The summed E-state index contributed by atoms with van der Waals surface area (Å²) in [4.78, 5) is 19.4. The lowest BCUT2D eigenvalue weighted by Crippen LogP contribution is -2.38. The highest BCUT2D eigenvalue weighted by atomic mass is 15.4. The molecular formula is C30H43N5. The standard InChI is InChI=1S/C28H37N5.C2H6/c1-8-12-20-13-10-11-14-23(20)33-24-17-30-27(31-28(24)32(7)25(33)9-2)26-21(18(3)4)15-29-16-22(26)19(5)6;1-2/h10-11,13-19,25H,8-9,12H2,1-7H3;1-2H3. The molecule has 0 radical (unpaired) electrons. The van der Waals surface area contributed by atoms with E-state index in [9.17, 15) is 0 Å². The van der Waals surface area contributed by atoms with Crippen LogP contribution in [0, 0.1) is 0 Å². The number of benzene rings is 1. The molecule has 1 aromatic carbocycles. The number of aryl methyl sites for hydroxylation is 1. The maximum Gasteiger partial charge on any atom is 0.162 e. The van der Waals surface area contributed by atoms with Crippen molar-refractivity contribution in [3.05, 3.63) is 59.5 Å². The molecule has 5 heteroatoms. The van der Waals surface area contributed by atoms with E-state index in [0.717, 1.165) is 42.2 Å².